The van der Waals surface area contributed by atoms with Gasteiger partial charge in [0.1, 0.15) is 0 Å². The van der Waals surface area contributed by atoms with E-state index in [-0.39, 0.29) is 22.3 Å². The van der Waals surface area contributed by atoms with Gasteiger partial charge in [-0.3, -0.25) is 9.59 Å². The van der Waals surface area contributed by atoms with Crippen LogP contribution in [0.5, 0.6) is 0 Å². The normalized spacial score (nSPS) is 11.0. The maximum atomic E-state index is 12.2. The summed E-state index contributed by atoms with van der Waals surface area (Å²) in [5.74, 6) is -1.21. The fourth-order valence-corrected chi connectivity index (χ4v) is 2.49. The second kappa shape index (κ2) is 8.55. The highest BCUT2D eigenvalue weighted by molar-refractivity contribution is 6.36. The van der Waals surface area contributed by atoms with E-state index >= 15 is 0 Å². The number of ketones is 1. The Balaban J connectivity index is 1.96. The summed E-state index contributed by atoms with van der Waals surface area (Å²) in [6.45, 7) is 5.00. The second-order valence-electron chi connectivity index (χ2n) is 6.90. The third-order valence-corrected chi connectivity index (χ3v) is 4.18. The van der Waals surface area contributed by atoms with Gasteiger partial charge in [0.25, 0.3) is 0 Å². The summed E-state index contributed by atoms with van der Waals surface area (Å²) in [4.78, 5) is 36.2. The quantitative estimate of drug-likeness (QED) is 0.557. The number of carbonyl (C=O) groups excluding carboxylic acids is 3. The number of rotatable bonds is 5. The van der Waals surface area contributed by atoms with Crippen LogP contribution in [0.15, 0.2) is 42.5 Å². The van der Waals surface area contributed by atoms with E-state index in [0.29, 0.717) is 16.3 Å². The number of ether oxygens (including phenoxy) is 1. The number of halogens is 2. The molecule has 0 spiro atoms. The van der Waals surface area contributed by atoms with Crippen LogP contribution in [0, 0.1) is 5.41 Å². The molecule has 0 saturated heterocycles. The van der Waals surface area contributed by atoms with Crippen molar-refractivity contribution in [2.45, 2.75) is 20.8 Å². The van der Waals surface area contributed by atoms with Gasteiger partial charge in [-0.05, 0) is 42.5 Å². The van der Waals surface area contributed by atoms with E-state index in [4.69, 9.17) is 27.9 Å². The van der Waals surface area contributed by atoms with Crippen LogP contribution in [0.2, 0.25) is 10.0 Å². The van der Waals surface area contributed by atoms with Gasteiger partial charge < -0.3 is 10.1 Å². The smallest absolute Gasteiger partial charge is 0.340 e. The fraction of sp³-hybridized carbons (Fsp3) is 0.250. The van der Waals surface area contributed by atoms with E-state index in [0.717, 1.165) is 0 Å². The highest BCUT2D eigenvalue weighted by Crippen LogP contribution is 2.22. The van der Waals surface area contributed by atoms with E-state index in [1.165, 1.54) is 18.2 Å². The molecule has 0 aliphatic heterocycles. The van der Waals surface area contributed by atoms with Crippen molar-refractivity contribution in [1.29, 1.82) is 0 Å². The van der Waals surface area contributed by atoms with Crippen LogP contribution in [0.4, 0.5) is 5.69 Å². The molecule has 0 aliphatic carbocycles. The lowest BCUT2D eigenvalue weighted by atomic mass is 9.95. The monoisotopic (exact) mass is 407 g/mol. The summed E-state index contributed by atoms with van der Waals surface area (Å²) < 4.78 is 5.02. The summed E-state index contributed by atoms with van der Waals surface area (Å²) in [5, 5.41) is 3.32. The van der Waals surface area contributed by atoms with E-state index in [9.17, 15) is 14.4 Å². The average Bonchev–Trinajstić information content (AvgIpc) is 2.59. The summed E-state index contributed by atoms with van der Waals surface area (Å²) in [6.07, 6.45) is 0. The Morgan fingerprint density at radius 1 is 1.00 bits per heavy atom. The molecular formula is C20H19Cl2NO4. The lowest BCUT2D eigenvalue weighted by Crippen LogP contribution is -2.27. The maximum Gasteiger partial charge on any atom is 0.340 e. The van der Waals surface area contributed by atoms with Crippen LogP contribution < -0.4 is 5.32 Å². The lowest BCUT2D eigenvalue weighted by molar-refractivity contribution is -0.123. The molecule has 0 radical (unpaired) electrons. The van der Waals surface area contributed by atoms with E-state index < -0.39 is 18.0 Å². The Morgan fingerprint density at radius 2 is 1.63 bits per heavy atom. The summed E-state index contributed by atoms with van der Waals surface area (Å²) in [6, 6.07) is 10.7. The van der Waals surface area contributed by atoms with Crippen LogP contribution in [-0.2, 0) is 9.53 Å². The number of benzene rings is 2. The van der Waals surface area contributed by atoms with Crippen molar-refractivity contribution >= 4 is 46.5 Å². The average molecular weight is 408 g/mol. The molecule has 2 aromatic rings. The highest BCUT2D eigenvalue weighted by Gasteiger charge is 2.21. The number of carbonyl (C=O) groups is 3. The molecule has 2 aromatic carbocycles. The zero-order valence-corrected chi connectivity index (χ0v) is 16.6. The van der Waals surface area contributed by atoms with Gasteiger partial charge in [-0.25, -0.2) is 4.79 Å². The molecule has 0 unspecified atom stereocenters. The number of hydrogen-bond acceptors (Lipinski definition) is 4. The van der Waals surface area contributed by atoms with E-state index in [1.54, 1.807) is 24.3 Å². The topological polar surface area (TPSA) is 72.5 Å². The van der Waals surface area contributed by atoms with E-state index in [1.807, 2.05) is 20.8 Å². The van der Waals surface area contributed by atoms with Crippen LogP contribution in [0.1, 0.15) is 41.5 Å². The van der Waals surface area contributed by atoms with Gasteiger partial charge >= 0.3 is 5.97 Å². The maximum absolute atomic E-state index is 12.2. The zero-order chi connectivity index (χ0) is 20.2. The van der Waals surface area contributed by atoms with Crippen LogP contribution in [-0.4, -0.2) is 24.3 Å². The van der Waals surface area contributed by atoms with Crippen molar-refractivity contribution in [3.8, 4) is 0 Å². The molecule has 0 aromatic heterocycles. The molecule has 2 rings (SSSR count). The molecule has 0 bridgehead atoms. The Labute approximate surface area is 167 Å². The van der Waals surface area contributed by atoms with E-state index in [2.05, 4.69) is 5.32 Å². The number of Topliss-reactive ketones (excluding diaryl/α,β-unsaturated/α-hetero) is 1. The predicted molar refractivity (Wildman–Crippen MR) is 106 cm³/mol. The Hall–Kier alpha value is -2.37. The van der Waals surface area contributed by atoms with Crippen LogP contribution in [0.3, 0.4) is 0 Å². The summed E-state index contributed by atoms with van der Waals surface area (Å²) >= 11 is 11.7. The van der Waals surface area contributed by atoms with Gasteiger partial charge in [0.05, 0.1) is 10.6 Å². The zero-order valence-electron chi connectivity index (χ0n) is 15.1. The predicted octanol–water partition coefficient (Wildman–Crippen LogP) is 5.02. The molecular weight excluding hydrogens is 389 g/mol. The molecule has 0 heterocycles. The van der Waals surface area contributed by atoms with Crippen LogP contribution >= 0.6 is 23.2 Å². The number of anilines is 1. The van der Waals surface area contributed by atoms with Crippen molar-refractivity contribution in [2.24, 2.45) is 5.41 Å². The van der Waals surface area contributed by atoms with Crippen molar-refractivity contribution in [3.63, 3.8) is 0 Å². The Morgan fingerprint density at radius 3 is 2.19 bits per heavy atom. The molecule has 0 fully saturated rings. The minimum atomic E-state index is -0.709. The first kappa shape index (κ1) is 20.9. The first-order chi connectivity index (χ1) is 12.6. The molecule has 0 atom stereocenters. The molecule has 142 valence electrons. The lowest BCUT2D eigenvalue weighted by Gasteiger charge is -2.17. The highest BCUT2D eigenvalue weighted by atomic mass is 35.5. The second-order valence-corrected chi connectivity index (χ2v) is 7.75. The number of nitrogens with one attached hydrogen (secondary N) is 1. The molecule has 27 heavy (non-hydrogen) atoms. The summed E-state index contributed by atoms with van der Waals surface area (Å²) in [7, 11) is 0. The fourth-order valence-electron chi connectivity index (χ4n) is 2.01. The number of esters is 1. The van der Waals surface area contributed by atoms with Crippen molar-refractivity contribution in [2.75, 3.05) is 11.9 Å². The van der Waals surface area contributed by atoms with Crippen molar-refractivity contribution in [1.82, 2.24) is 0 Å². The number of hydrogen-bond donors (Lipinski definition) is 1. The molecule has 7 heteroatoms. The SMILES string of the molecule is CC(C)(C)C(=O)Nc1ccc(C(=O)COC(=O)c2ccc(Cl)cc2Cl)cc1. The minimum Gasteiger partial charge on any atom is -0.454 e. The third kappa shape index (κ3) is 5.81. The third-order valence-electron chi connectivity index (χ3n) is 3.63. The van der Waals surface area contributed by atoms with Gasteiger partial charge in [0.2, 0.25) is 5.91 Å². The van der Waals surface area contributed by atoms with Gasteiger partial charge in [0, 0.05) is 21.7 Å². The summed E-state index contributed by atoms with van der Waals surface area (Å²) in [5.41, 5.74) is 0.551. The van der Waals surface area contributed by atoms with Crippen molar-refractivity contribution in [3.05, 3.63) is 63.6 Å². The first-order valence-corrected chi connectivity index (χ1v) is 8.90. The molecule has 0 aliphatic rings. The Kier molecular flexibility index (Phi) is 6.63. The molecule has 1 amide bonds. The molecule has 1 N–H and O–H groups in total. The molecule has 5 nitrogen and oxygen atoms in total. The largest absolute Gasteiger partial charge is 0.454 e. The minimum absolute atomic E-state index is 0.129. The van der Waals surface area contributed by atoms with Gasteiger partial charge in [-0.15, -0.1) is 0 Å². The van der Waals surface area contributed by atoms with Gasteiger partial charge in [-0.2, -0.15) is 0 Å². The van der Waals surface area contributed by atoms with Crippen molar-refractivity contribution < 1.29 is 19.1 Å². The van der Waals surface area contributed by atoms with Crippen LogP contribution in [0.25, 0.3) is 0 Å². The van der Waals surface area contributed by atoms with Gasteiger partial charge in [0.15, 0.2) is 12.4 Å². The number of amides is 1. The standard InChI is InChI=1S/C20H19Cl2NO4/c1-20(2,3)19(26)23-14-7-4-12(5-8-14)17(24)11-27-18(25)15-9-6-13(21)10-16(15)22/h4-10H,11H2,1-3H3,(H,23,26). The molecule has 0 saturated carbocycles. The first-order valence-electron chi connectivity index (χ1n) is 8.15. The Bertz CT molecular complexity index is 871. The van der Waals surface area contributed by atoms with Gasteiger partial charge in [-0.1, -0.05) is 44.0 Å².